The molecule has 3 heteroatoms. The van der Waals surface area contributed by atoms with Crippen LogP contribution in [0.3, 0.4) is 0 Å². The fourth-order valence-corrected chi connectivity index (χ4v) is 2.41. The number of aliphatic hydroxyl groups excluding tert-OH is 1. The molecular formula is C14H18O3. The van der Waals surface area contributed by atoms with Gasteiger partial charge in [-0.1, -0.05) is 43.2 Å². The first-order valence-corrected chi connectivity index (χ1v) is 6.10. The van der Waals surface area contributed by atoms with Crippen molar-refractivity contribution in [1.29, 1.82) is 0 Å². The summed E-state index contributed by atoms with van der Waals surface area (Å²) in [5.41, 5.74) is -0.635. The maximum absolute atomic E-state index is 12.0. The van der Waals surface area contributed by atoms with E-state index in [1.807, 2.05) is 6.07 Å². The van der Waals surface area contributed by atoms with Crippen LogP contribution >= 0.6 is 0 Å². The molecule has 0 aromatic heterocycles. The summed E-state index contributed by atoms with van der Waals surface area (Å²) < 4.78 is 0. The summed E-state index contributed by atoms with van der Waals surface area (Å²) in [6.07, 6.45) is 2.12. The molecule has 0 spiro atoms. The van der Waals surface area contributed by atoms with Crippen LogP contribution in [0.5, 0.6) is 0 Å². The molecule has 0 radical (unpaired) electrons. The number of hydrogen-bond acceptors (Lipinski definition) is 3. The van der Waals surface area contributed by atoms with Gasteiger partial charge < -0.3 is 10.2 Å². The topological polar surface area (TPSA) is 57.5 Å². The van der Waals surface area contributed by atoms with E-state index in [0.717, 1.165) is 12.8 Å². The Morgan fingerprint density at radius 2 is 2.00 bits per heavy atom. The average molecular weight is 234 g/mol. The molecule has 1 aromatic rings. The summed E-state index contributed by atoms with van der Waals surface area (Å²) in [5, 5.41) is 20.1. The Morgan fingerprint density at radius 1 is 1.29 bits per heavy atom. The molecule has 0 saturated heterocycles. The first-order valence-electron chi connectivity index (χ1n) is 6.10. The maximum atomic E-state index is 12.0. The van der Waals surface area contributed by atoms with Crippen LogP contribution in [0.25, 0.3) is 0 Å². The fraction of sp³-hybridized carbons (Fsp3) is 0.500. The normalized spacial score (nSPS) is 28.9. The molecule has 1 aliphatic rings. The molecule has 0 heterocycles. The molecule has 2 unspecified atom stereocenters. The molecule has 3 nitrogen and oxygen atoms in total. The van der Waals surface area contributed by atoms with Crippen LogP contribution < -0.4 is 0 Å². The van der Waals surface area contributed by atoms with E-state index in [1.165, 1.54) is 0 Å². The minimum absolute atomic E-state index is 0.0121. The number of hydrogen-bond donors (Lipinski definition) is 2. The lowest BCUT2D eigenvalue weighted by Crippen LogP contribution is -2.46. The highest BCUT2D eigenvalue weighted by molar-refractivity contribution is 5.96. The highest BCUT2D eigenvalue weighted by Gasteiger charge is 2.39. The van der Waals surface area contributed by atoms with Crippen LogP contribution in [0.2, 0.25) is 0 Å². The van der Waals surface area contributed by atoms with Gasteiger partial charge in [0.1, 0.15) is 0 Å². The molecule has 0 amide bonds. The van der Waals surface area contributed by atoms with Crippen LogP contribution in [0.4, 0.5) is 0 Å². The van der Waals surface area contributed by atoms with Crippen molar-refractivity contribution in [2.24, 2.45) is 0 Å². The van der Waals surface area contributed by atoms with Crippen molar-refractivity contribution >= 4 is 5.78 Å². The summed E-state index contributed by atoms with van der Waals surface area (Å²) in [4.78, 5) is 12.0. The number of benzene rings is 1. The standard InChI is InChI=1S/C14H18O3/c15-12(11-6-2-1-3-7-11)10-14(17)9-5-4-8-13(14)16/h1-3,6-7,13,16-17H,4-5,8-10H2. The van der Waals surface area contributed by atoms with E-state index in [-0.39, 0.29) is 12.2 Å². The molecule has 0 bridgehead atoms. The zero-order valence-corrected chi connectivity index (χ0v) is 9.80. The minimum Gasteiger partial charge on any atom is -0.390 e. The third kappa shape index (κ3) is 2.73. The Bertz CT molecular complexity index is 388. The quantitative estimate of drug-likeness (QED) is 0.786. The lowest BCUT2D eigenvalue weighted by Gasteiger charge is -2.36. The van der Waals surface area contributed by atoms with Crippen LogP contribution in [-0.4, -0.2) is 27.7 Å². The number of carbonyl (C=O) groups is 1. The number of Topliss-reactive ketones (excluding diaryl/α,β-unsaturated/α-hetero) is 1. The Hall–Kier alpha value is -1.19. The number of rotatable bonds is 3. The molecule has 17 heavy (non-hydrogen) atoms. The Labute approximate surface area is 101 Å². The van der Waals surface area contributed by atoms with E-state index in [1.54, 1.807) is 24.3 Å². The van der Waals surface area contributed by atoms with Gasteiger partial charge in [-0.3, -0.25) is 4.79 Å². The van der Waals surface area contributed by atoms with Crippen molar-refractivity contribution in [1.82, 2.24) is 0 Å². The van der Waals surface area contributed by atoms with Gasteiger partial charge in [0.25, 0.3) is 0 Å². The van der Waals surface area contributed by atoms with E-state index in [9.17, 15) is 15.0 Å². The van der Waals surface area contributed by atoms with Crippen molar-refractivity contribution in [3.63, 3.8) is 0 Å². The summed E-state index contributed by atoms with van der Waals surface area (Å²) in [7, 11) is 0. The van der Waals surface area contributed by atoms with E-state index in [4.69, 9.17) is 0 Å². The molecule has 1 aromatic carbocycles. The van der Waals surface area contributed by atoms with E-state index in [2.05, 4.69) is 0 Å². The maximum Gasteiger partial charge on any atom is 0.165 e. The third-order valence-electron chi connectivity index (χ3n) is 3.52. The van der Waals surface area contributed by atoms with Crippen molar-refractivity contribution < 1.29 is 15.0 Å². The Morgan fingerprint density at radius 3 is 2.65 bits per heavy atom. The second-order valence-electron chi connectivity index (χ2n) is 4.83. The molecule has 1 fully saturated rings. The first-order chi connectivity index (χ1) is 8.12. The fourth-order valence-electron chi connectivity index (χ4n) is 2.41. The molecule has 0 aliphatic heterocycles. The van der Waals surface area contributed by atoms with Gasteiger partial charge in [-0.05, 0) is 12.8 Å². The monoisotopic (exact) mass is 234 g/mol. The summed E-state index contributed by atoms with van der Waals surface area (Å²) in [6.45, 7) is 0. The van der Waals surface area contributed by atoms with Gasteiger partial charge in [-0.15, -0.1) is 0 Å². The van der Waals surface area contributed by atoms with Gasteiger partial charge in [0.05, 0.1) is 11.7 Å². The van der Waals surface area contributed by atoms with Gasteiger partial charge in [0, 0.05) is 12.0 Å². The number of aliphatic hydroxyl groups is 2. The second kappa shape index (κ2) is 4.98. The van der Waals surface area contributed by atoms with Crippen LogP contribution in [0, 0.1) is 0 Å². The molecular weight excluding hydrogens is 216 g/mol. The molecule has 1 saturated carbocycles. The van der Waals surface area contributed by atoms with Crippen molar-refractivity contribution in [2.45, 2.75) is 43.8 Å². The SMILES string of the molecule is O=C(CC1(O)CCCCC1O)c1ccccc1. The van der Waals surface area contributed by atoms with E-state index < -0.39 is 11.7 Å². The predicted molar refractivity (Wildman–Crippen MR) is 64.8 cm³/mol. The van der Waals surface area contributed by atoms with E-state index >= 15 is 0 Å². The molecule has 92 valence electrons. The van der Waals surface area contributed by atoms with Crippen molar-refractivity contribution in [2.75, 3.05) is 0 Å². The lowest BCUT2D eigenvalue weighted by molar-refractivity contribution is -0.0980. The third-order valence-corrected chi connectivity index (χ3v) is 3.52. The summed E-state index contributed by atoms with van der Waals surface area (Å²) in [6, 6.07) is 8.92. The summed E-state index contributed by atoms with van der Waals surface area (Å²) in [5.74, 6) is -0.103. The zero-order valence-electron chi connectivity index (χ0n) is 9.80. The molecule has 2 rings (SSSR count). The van der Waals surface area contributed by atoms with Crippen molar-refractivity contribution in [3.8, 4) is 0 Å². The Balaban J connectivity index is 2.07. The van der Waals surface area contributed by atoms with Gasteiger partial charge >= 0.3 is 0 Å². The van der Waals surface area contributed by atoms with Crippen LogP contribution in [0.15, 0.2) is 30.3 Å². The molecule has 1 aliphatic carbocycles. The number of ketones is 1. The predicted octanol–water partition coefficient (Wildman–Crippen LogP) is 1.93. The zero-order chi connectivity index (χ0) is 12.3. The highest BCUT2D eigenvalue weighted by Crippen LogP contribution is 2.32. The molecule has 2 atom stereocenters. The van der Waals surface area contributed by atoms with Crippen LogP contribution in [-0.2, 0) is 0 Å². The van der Waals surface area contributed by atoms with Gasteiger partial charge in [-0.2, -0.15) is 0 Å². The summed E-state index contributed by atoms with van der Waals surface area (Å²) >= 11 is 0. The second-order valence-corrected chi connectivity index (χ2v) is 4.83. The first kappa shape index (κ1) is 12.3. The van der Waals surface area contributed by atoms with Gasteiger partial charge in [0.2, 0.25) is 0 Å². The molecule has 2 N–H and O–H groups in total. The Kier molecular flexibility index (Phi) is 3.60. The minimum atomic E-state index is -1.23. The van der Waals surface area contributed by atoms with Crippen molar-refractivity contribution in [3.05, 3.63) is 35.9 Å². The largest absolute Gasteiger partial charge is 0.390 e. The lowest BCUT2D eigenvalue weighted by atomic mass is 9.78. The smallest absolute Gasteiger partial charge is 0.165 e. The van der Waals surface area contributed by atoms with E-state index in [0.29, 0.717) is 18.4 Å². The van der Waals surface area contributed by atoms with Gasteiger partial charge in [0.15, 0.2) is 5.78 Å². The number of carbonyl (C=O) groups excluding carboxylic acids is 1. The average Bonchev–Trinajstić information content (AvgIpc) is 2.34. The van der Waals surface area contributed by atoms with Gasteiger partial charge in [-0.25, -0.2) is 0 Å². The highest BCUT2D eigenvalue weighted by atomic mass is 16.3. The van der Waals surface area contributed by atoms with Crippen LogP contribution in [0.1, 0.15) is 42.5 Å².